The van der Waals surface area contributed by atoms with E-state index < -0.39 is 6.04 Å². The molecule has 1 N–H and O–H groups in total. The minimum atomic E-state index is -0.635. The number of hydrogen-bond acceptors (Lipinski definition) is 4. The SMILES string of the molecule is CCOc1ccc(CCC(=O)N(Cc2ccc(Cl)cc2Cl)C(C)C(=O)NC2CCCC2)cc1OCC. The lowest BCUT2D eigenvalue weighted by molar-refractivity contribution is -0.140. The van der Waals surface area contributed by atoms with E-state index in [9.17, 15) is 9.59 Å². The molecular weight excluding hydrogens is 499 g/mol. The number of benzene rings is 2. The van der Waals surface area contributed by atoms with E-state index in [0.717, 1.165) is 36.8 Å². The number of amides is 2. The molecule has 196 valence electrons. The van der Waals surface area contributed by atoms with Crippen molar-refractivity contribution in [1.82, 2.24) is 10.2 Å². The maximum atomic E-state index is 13.5. The van der Waals surface area contributed by atoms with Gasteiger partial charge in [-0.25, -0.2) is 0 Å². The topological polar surface area (TPSA) is 67.9 Å². The molecule has 3 rings (SSSR count). The molecule has 1 saturated carbocycles. The van der Waals surface area contributed by atoms with Crippen molar-refractivity contribution in [2.75, 3.05) is 13.2 Å². The number of rotatable bonds is 12. The molecule has 1 unspecified atom stereocenters. The van der Waals surface area contributed by atoms with Crippen molar-refractivity contribution < 1.29 is 19.1 Å². The number of ether oxygens (including phenoxy) is 2. The summed E-state index contributed by atoms with van der Waals surface area (Å²) in [4.78, 5) is 28.2. The largest absolute Gasteiger partial charge is 0.490 e. The molecule has 0 radical (unpaired) electrons. The van der Waals surface area contributed by atoms with Crippen LogP contribution in [0.2, 0.25) is 10.0 Å². The second-order valence-electron chi connectivity index (χ2n) is 9.07. The Labute approximate surface area is 224 Å². The summed E-state index contributed by atoms with van der Waals surface area (Å²) in [5.41, 5.74) is 1.71. The first kappa shape index (κ1) is 28.1. The Balaban J connectivity index is 1.75. The zero-order chi connectivity index (χ0) is 26.1. The van der Waals surface area contributed by atoms with Gasteiger partial charge >= 0.3 is 0 Å². The summed E-state index contributed by atoms with van der Waals surface area (Å²) in [5, 5.41) is 4.11. The van der Waals surface area contributed by atoms with Gasteiger partial charge in [-0.2, -0.15) is 0 Å². The second-order valence-corrected chi connectivity index (χ2v) is 9.91. The molecule has 0 aromatic heterocycles. The maximum absolute atomic E-state index is 13.5. The van der Waals surface area contributed by atoms with Gasteiger partial charge in [-0.05, 0) is 75.4 Å². The third kappa shape index (κ3) is 7.78. The normalized spacial score (nSPS) is 14.4. The fourth-order valence-electron chi connectivity index (χ4n) is 4.45. The third-order valence-corrected chi connectivity index (χ3v) is 7.05. The minimum Gasteiger partial charge on any atom is -0.490 e. The Hall–Kier alpha value is -2.44. The first-order chi connectivity index (χ1) is 17.3. The molecule has 1 atom stereocenters. The van der Waals surface area contributed by atoms with E-state index in [0.29, 0.717) is 41.2 Å². The molecule has 8 heteroatoms. The van der Waals surface area contributed by atoms with E-state index in [2.05, 4.69) is 5.32 Å². The van der Waals surface area contributed by atoms with E-state index in [-0.39, 0.29) is 30.8 Å². The Morgan fingerprint density at radius 1 is 1.03 bits per heavy atom. The van der Waals surface area contributed by atoms with Gasteiger partial charge in [0.15, 0.2) is 11.5 Å². The summed E-state index contributed by atoms with van der Waals surface area (Å²) < 4.78 is 11.4. The fourth-order valence-corrected chi connectivity index (χ4v) is 4.92. The Morgan fingerprint density at radius 2 is 1.72 bits per heavy atom. The Bertz CT molecular complexity index is 1040. The summed E-state index contributed by atoms with van der Waals surface area (Å²) in [6, 6.07) is 10.5. The quantitative estimate of drug-likeness (QED) is 0.352. The van der Waals surface area contributed by atoms with Crippen LogP contribution in [-0.2, 0) is 22.6 Å². The predicted molar refractivity (Wildman–Crippen MR) is 144 cm³/mol. The number of hydrogen-bond donors (Lipinski definition) is 1. The zero-order valence-corrected chi connectivity index (χ0v) is 22.8. The summed E-state index contributed by atoms with van der Waals surface area (Å²) in [6.07, 6.45) is 4.95. The van der Waals surface area contributed by atoms with Gasteiger partial charge in [0.2, 0.25) is 11.8 Å². The molecule has 2 aromatic rings. The standard InChI is InChI=1S/C28H36Cl2N2O4/c1-4-35-25-14-10-20(16-26(25)36-5-2)11-15-27(33)32(18-21-12-13-22(29)17-24(21)30)19(3)28(34)31-23-8-6-7-9-23/h10,12-14,16-17,19,23H,4-9,11,15,18H2,1-3H3,(H,31,34). The molecule has 1 fully saturated rings. The number of nitrogens with zero attached hydrogens (tertiary/aromatic N) is 1. The van der Waals surface area contributed by atoms with Crippen LogP contribution in [-0.4, -0.2) is 42.0 Å². The first-order valence-corrected chi connectivity index (χ1v) is 13.5. The van der Waals surface area contributed by atoms with Gasteiger partial charge in [0, 0.05) is 29.1 Å². The van der Waals surface area contributed by atoms with Gasteiger partial charge in [-0.15, -0.1) is 0 Å². The molecule has 36 heavy (non-hydrogen) atoms. The summed E-state index contributed by atoms with van der Waals surface area (Å²) in [6.45, 7) is 6.90. The molecule has 0 aliphatic heterocycles. The second kappa shape index (κ2) is 13.8. The highest BCUT2D eigenvalue weighted by atomic mass is 35.5. The van der Waals surface area contributed by atoms with Gasteiger partial charge in [0.25, 0.3) is 0 Å². The smallest absolute Gasteiger partial charge is 0.242 e. The van der Waals surface area contributed by atoms with E-state index in [4.69, 9.17) is 32.7 Å². The number of aryl methyl sites for hydroxylation is 1. The van der Waals surface area contributed by atoms with E-state index in [1.165, 1.54) is 0 Å². The molecule has 6 nitrogen and oxygen atoms in total. The predicted octanol–water partition coefficient (Wildman–Crippen LogP) is 6.20. The summed E-state index contributed by atoms with van der Waals surface area (Å²) in [7, 11) is 0. The lowest BCUT2D eigenvalue weighted by atomic mass is 10.1. The van der Waals surface area contributed by atoms with Crippen molar-refractivity contribution in [2.45, 2.75) is 77.9 Å². The molecule has 2 aromatic carbocycles. The van der Waals surface area contributed by atoms with Gasteiger partial charge < -0.3 is 19.7 Å². The van der Waals surface area contributed by atoms with Crippen LogP contribution < -0.4 is 14.8 Å². The average Bonchev–Trinajstić information content (AvgIpc) is 3.36. The number of carbonyl (C=O) groups excluding carboxylic acids is 2. The highest BCUT2D eigenvalue weighted by Gasteiger charge is 2.28. The fraction of sp³-hybridized carbons (Fsp3) is 0.500. The monoisotopic (exact) mass is 534 g/mol. The minimum absolute atomic E-state index is 0.123. The number of nitrogens with one attached hydrogen (secondary N) is 1. The van der Waals surface area contributed by atoms with Crippen LogP contribution in [0.5, 0.6) is 11.5 Å². The van der Waals surface area contributed by atoms with Crippen LogP contribution in [0, 0.1) is 0 Å². The zero-order valence-electron chi connectivity index (χ0n) is 21.3. The van der Waals surface area contributed by atoms with Gasteiger partial charge in [-0.3, -0.25) is 9.59 Å². The van der Waals surface area contributed by atoms with Crippen LogP contribution in [0.1, 0.15) is 64.0 Å². The molecule has 0 spiro atoms. The summed E-state index contributed by atoms with van der Waals surface area (Å²) in [5.74, 6) is 1.09. The lowest BCUT2D eigenvalue weighted by Gasteiger charge is -2.30. The molecule has 2 amide bonds. The van der Waals surface area contributed by atoms with Crippen LogP contribution >= 0.6 is 23.2 Å². The van der Waals surface area contributed by atoms with Crippen molar-refractivity contribution in [2.24, 2.45) is 0 Å². The third-order valence-electron chi connectivity index (χ3n) is 6.46. The van der Waals surface area contributed by atoms with Crippen LogP contribution in [0.25, 0.3) is 0 Å². The molecule has 0 heterocycles. The van der Waals surface area contributed by atoms with Crippen LogP contribution in [0.3, 0.4) is 0 Å². The number of carbonyl (C=O) groups is 2. The van der Waals surface area contributed by atoms with Crippen molar-refractivity contribution in [3.63, 3.8) is 0 Å². The molecule has 1 aliphatic carbocycles. The number of halogens is 2. The van der Waals surface area contributed by atoms with Crippen LogP contribution in [0.4, 0.5) is 0 Å². The average molecular weight is 536 g/mol. The molecule has 1 aliphatic rings. The van der Waals surface area contributed by atoms with Crippen molar-refractivity contribution >= 4 is 35.0 Å². The Morgan fingerprint density at radius 3 is 2.39 bits per heavy atom. The van der Waals surface area contributed by atoms with Crippen molar-refractivity contribution in [1.29, 1.82) is 0 Å². The van der Waals surface area contributed by atoms with Crippen molar-refractivity contribution in [3.05, 3.63) is 57.6 Å². The van der Waals surface area contributed by atoms with Gasteiger partial charge in [-0.1, -0.05) is 48.2 Å². The van der Waals surface area contributed by atoms with Crippen LogP contribution in [0.15, 0.2) is 36.4 Å². The van der Waals surface area contributed by atoms with E-state index in [1.54, 1.807) is 30.0 Å². The van der Waals surface area contributed by atoms with Gasteiger partial charge in [0.1, 0.15) is 6.04 Å². The van der Waals surface area contributed by atoms with Gasteiger partial charge in [0.05, 0.1) is 13.2 Å². The van der Waals surface area contributed by atoms with E-state index in [1.807, 2.05) is 32.0 Å². The maximum Gasteiger partial charge on any atom is 0.242 e. The molecular formula is C28H36Cl2N2O4. The highest BCUT2D eigenvalue weighted by molar-refractivity contribution is 6.35. The van der Waals surface area contributed by atoms with E-state index >= 15 is 0 Å². The summed E-state index contributed by atoms with van der Waals surface area (Å²) >= 11 is 12.5. The first-order valence-electron chi connectivity index (χ1n) is 12.7. The van der Waals surface area contributed by atoms with Crippen molar-refractivity contribution in [3.8, 4) is 11.5 Å². The molecule has 0 bridgehead atoms. The lowest BCUT2D eigenvalue weighted by Crippen LogP contribution is -2.49. The highest BCUT2D eigenvalue weighted by Crippen LogP contribution is 2.29. The molecule has 0 saturated heterocycles. The Kier molecular flexibility index (Phi) is 10.7.